The van der Waals surface area contributed by atoms with Gasteiger partial charge in [-0.2, -0.15) is 0 Å². The van der Waals surface area contributed by atoms with Crippen LogP contribution in [0.4, 0.5) is 0 Å². The largest absolute Gasteiger partial charge is 0.367 e. The maximum Gasteiger partial charge on any atom is 0.259 e. The van der Waals surface area contributed by atoms with Gasteiger partial charge in [0, 0.05) is 37.6 Å². The maximum absolute atomic E-state index is 12.3. The zero-order valence-corrected chi connectivity index (χ0v) is 10.6. The lowest BCUT2D eigenvalue weighted by molar-refractivity contribution is 0.0749. The van der Waals surface area contributed by atoms with Crippen molar-refractivity contribution >= 4 is 5.91 Å². The number of likely N-dealkylation sites (N-methyl/N-ethyl adjacent to an activating group) is 1. The number of aromatic nitrogens is 1. The van der Waals surface area contributed by atoms with Crippen LogP contribution in [-0.4, -0.2) is 41.5 Å². The zero-order chi connectivity index (χ0) is 13.0. The van der Waals surface area contributed by atoms with Crippen LogP contribution in [0.3, 0.4) is 0 Å². The molecule has 1 unspecified atom stereocenters. The van der Waals surface area contributed by atoms with Crippen molar-refractivity contribution in [3.8, 4) is 0 Å². The highest BCUT2D eigenvalue weighted by molar-refractivity contribution is 5.93. The summed E-state index contributed by atoms with van der Waals surface area (Å²) >= 11 is 0. The number of pyridine rings is 1. The van der Waals surface area contributed by atoms with Crippen LogP contribution in [0.15, 0.2) is 23.3 Å². The van der Waals surface area contributed by atoms with Gasteiger partial charge in [0.1, 0.15) is 5.56 Å². The fraction of sp³-hybridized carbons (Fsp3) is 0.538. The lowest BCUT2D eigenvalue weighted by Crippen LogP contribution is -2.42. The van der Waals surface area contributed by atoms with E-state index in [1.54, 1.807) is 4.90 Å². The minimum atomic E-state index is -0.225. The Labute approximate surface area is 106 Å². The van der Waals surface area contributed by atoms with Crippen LogP contribution < -0.4 is 10.7 Å². The number of H-pyrrole nitrogens is 1. The van der Waals surface area contributed by atoms with Crippen LogP contribution in [0, 0.1) is 0 Å². The first-order valence-corrected chi connectivity index (χ1v) is 6.42. The molecule has 2 rings (SSSR count). The maximum atomic E-state index is 12.3. The van der Waals surface area contributed by atoms with E-state index in [0.29, 0.717) is 19.1 Å². The molecule has 2 heterocycles. The van der Waals surface area contributed by atoms with E-state index in [-0.39, 0.29) is 16.9 Å². The summed E-state index contributed by atoms with van der Waals surface area (Å²) in [5, 5.41) is 3.36. The summed E-state index contributed by atoms with van der Waals surface area (Å²) in [4.78, 5) is 28.4. The molecule has 1 aliphatic rings. The van der Waals surface area contributed by atoms with Crippen LogP contribution in [-0.2, 0) is 0 Å². The smallest absolute Gasteiger partial charge is 0.259 e. The molecule has 1 saturated heterocycles. The van der Waals surface area contributed by atoms with Crippen molar-refractivity contribution in [3.63, 3.8) is 0 Å². The second-order valence-electron chi connectivity index (χ2n) is 4.56. The van der Waals surface area contributed by atoms with Gasteiger partial charge in [-0.1, -0.05) is 0 Å². The minimum Gasteiger partial charge on any atom is -0.367 e. The van der Waals surface area contributed by atoms with Gasteiger partial charge in [0.05, 0.1) is 0 Å². The Morgan fingerprint density at radius 3 is 3.00 bits per heavy atom. The Balaban J connectivity index is 2.10. The van der Waals surface area contributed by atoms with Crippen LogP contribution in [0.25, 0.3) is 0 Å². The molecular weight excluding hydrogens is 230 g/mol. The van der Waals surface area contributed by atoms with Gasteiger partial charge in [0.25, 0.3) is 5.91 Å². The summed E-state index contributed by atoms with van der Waals surface area (Å²) in [6, 6.07) is 1.74. The number of aromatic amines is 1. The van der Waals surface area contributed by atoms with Gasteiger partial charge >= 0.3 is 0 Å². The summed E-state index contributed by atoms with van der Waals surface area (Å²) in [6.07, 6.45) is 5.26. The number of hydrogen-bond acceptors (Lipinski definition) is 3. The van der Waals surface area contributed by atoms with E-state index in [1.165, 1.54) is 18.5 Å². The standard InChI is InChI=1S/C13H19N3O2/c1-2-16(9-10-4-3-6-15-10)13(18)11-8-14-7-5-12(11)17/h5,7-8,10,15H,2-4,6,9H2,1H3,(H,14,17). The Hall–Kier alpha value is -1.62. The molecule has 0 saturated carbocycles. The average molecular weight is 249 g/mol. The molecule has 18 heavy (non-hydrogen) atoms. The molecule has 1 fully saturated rings. The van der Waals surface area contributed by atoms with E-state index in [9.17, 15) is 9.59 Å². The summed E-state index contributed by atoms with van der Waals surface area (Å²) in [5.41, 5.74) is -0.00562. The highest BCUT2D eigenvalue weighted by Crippen LogP contribution is 2.08. The van der Waals surface area contributed by atoms with Gasteiger partial charge in [0.2, 0.25) is 0 Å². The molecular formula is C13H19N3O2. The summed E-state index contributed by atoms with van der Waals surface area (Å²) in [7, 11) is 0. The second kappa shape index (κ2) is 5.82. The van der Waals surface area contributed by atoms with Crippen LogP contribution in [0.1, 0.15) is 30.1 Å². The summed E-state index contributed by atoms with van der Waals surface area (Å²) in [6.45, 7) is 4.24. The van der Waals surface area contributed by atoms with Crippen molar-refractivity contribution in [2.75, 3.05) is 19.6 Å². The molecule has 1 atom stereocenters. The summed E-state index contributed by atoms with van der Waals surface area (Å²) < 4.78 is 0. The zero-order valence-electron chi connectivity index (χ0n) is 10.6. The van der Waals surface area contributed by atoms with E-state index in [2.05, 4.69) is 10.3 Å². The van der Waals surface area contributed by atoms with Crippen molar-refractivity contribution in [1.82, 2.24) is 15.2 Å². The molecule has 1 aromatic rings. The number of carbonyl (C=O) groups is 1. The number of amides is 1. The molecule has 0 radical (unpaired) electrons. The lowest BCUT2D eigenvalue weighted by Gasteiger charge is -2.24. The molecule has 0 spiro atoms. The minimum absolute atomic E-state index is 0.187. The third-order valence-electron chi connectivity index (χ3n) is 3.33. The topological polar surface area (TPSA) is 65.2 Å². The van der Waals surface area contributed by atoms with Crippen molar-refractivity contribution in [3.05, 3.63) is 34.2 Å². The first-order chi connectivity index (χ1) is 8.72. The normalized spacial score (nSPS) is 18.8. The second-order valence-corrected chi connectivity index (χ2v) is 4.56. The number of hydrogen-bond donors (Lipinski definition) is 2. The first-order valence-electron chi connectivity index (χ1n) is 6.42. The molecule has 1 aliphatic heterocycles. The monoisotopic (exact) mass is 249 g/mol. The molecule has 5 heteroatoms. The van der Waals surface area contributed by atoms with Crippen LogP contribution >= 0.6 is 0 Å². The molecule has 2 N–H and O–H groups in total. The highest BCUT2D eigenvalue weighted by atomic mass is 16.2. The van der Waals surface area contributed by atoms with E-state index in [0.717, 1.165) is 19.4 Å². The molecule has 5 nitrogen and oxygen atoms in total. The van der Waals surface area contributed by atoms with E-state index in [4.69, 9.17) is 0 Å². The van der Waals surface area contributed by atoms with E-state index >= 15 is 0 Å². The molecule has 1 amide bonds. The van der Waals surface area contributed by atoms with Crippen molar-refractivity contribution in [1.29, 1.82) is 0 Å². The Kier molecular flexibility index (Phi) is 4.15. The Morgan fingerprint density at radius 1 is 1.56 bits per heavy atom. The molecule has 0 aromatic carbocycles. The fourth-order valence-corrected chi connectivity index (χ4v) is 2.29. The van der Waals surface area contributed by atoms with Crippen LogP contribution in [0.2, 0.25) is 0 Å². The number of nitrogens with zero attached hydrogens (tertiary/aromatic N) is 1. The third-order valence-corrected chi connectivity index (χ3v) is 3.33. The quantitative estimate of drug-likeness (QED) is 0.820. The van der Waals surface area contributed by atoms with Crippen molar-refractivity contribution < 1.29 is 4.79 Å². The predicted molar refractivity (Wildman–Crippen MR) is 69.7 cm³/mol. The van der Waals surface area contributed by atoms with Gasteiger partial charge in [-0.05, 0) is 26.3 Å². The van der Waals surface area contributed by atoms with Crippen molar-refractivity contribution in [2.45, 2.75) is 25.8 Å². The molecule has 1 aromatic heterocycles. The van der Waals surface area contributed by atoms with Crippen molar-refractivity contribution in [2.24, 2.45) is 0 Å². The average Bonchev–Trinajstić information content (AvgIpc) is 2.88. The third kappa shape index (κ3) is 2.79. The Bertz CT molecular complexity index is 463. The van der Waals surface area contributed by atoms with Gasteiger partial charge < -0.3 is 15.2 Å². The van der Waals surface area contributed by atoms with Gasteiger partial charge in [0.15, 0.2) is 5.43 Å². The van der Waals surface area contributed by atoms with E-state index in [1.807, 2.05) is 6.92 Å². The number of carbonyl (C=O) groups excluding carboxylic acids is 1. The lowest BCUT2D eigenvalue weighted by atomic mass is 10.2. The number of nitrogens with one attached hydrogen (secondary N) is 2. The van der Waals surface area contributed by atoms with Crippen LogP contribution in [0.5, 0.6) is 0 Å². The first kappa shape index (κ1) is 12.8. The van der Waals surface area contributed by atoms with Gasteiger partial charge in [-0.25, -0.2) is 0 Å². The molecule has 0 aliphatic carbocycles. The highest BCUT2D eigenvalue weighted by Gasteiger charge is 2.22. The van der Waals surface area contributed by atoms with Gasteiger partial charge in [-0.15, -0.1) is 0 Å². The van der Waals surface area contributed by atoms with Gasteiger partial charge in [-0.3, -0.25) is 9.59 Å². The fourth-order valence-electron chi connectivity index (χ4n) is 2.29. The molecule has 0 bridgehead atoms. The predicted octanol–water partition coefficient (Wildman–Crippen LogP) is 0.589. The Morgan fingerprint density at radius 2 is 2.39 bits per heavy atom. The molecule has 98 valence electrons. The summed E-state index contributed by atoms with van der Waals surface area (Å²) in [5.74, 6) is -0.187. The number of rotatable bonds is 4. The van der Waals surface area contributed by atoms with E-state index < -0.39 is 0 Å². The SMILES string of the molecule is CCN(CC1CCCN1)C(=O)c1c[nH]ccc1=O.